The number of hydrazine groups is 1. The monoisotopic (exact) mass is 464 g/mol. The summed E-state index contributed by atoms with van der Waals surface area (Å²) in [7, 11) is 1.60. The number of benzene rings is 2. The van der Waals surface area contributed by atoms with Gasteiger partial charge in [-0.3, -0.25) is 10.2 Å². The third kappa shape index (κ3) is 4.38. The van der Waals surface area contributed by atoms with Gasteiger partial charge in [0.1, 0.15) is 11.9 Å². The lowest BCUT2D eigenvalue weighted by atomic mass is 9.99. The number of rotatable bonds is 5. The van der Waals surface area contributed by atoms with Crippen molar-refractivity contribution in [1.82, 2.24) is 20.8 Å². The van der Waals surface area contributed by atoms with Crippen molar-refractivity contribution in [2.45, 2.75) is 38.5 Å². The third-order valence-corrected chi connectivity index (χ3v) is 7.11. The number of amidine groups is 1. The quantitative estimate of drug-likeness (QED) is 0.627. The molecule has 2 aromatic rings. The molecule has 3 aliphatic rings. The molecule has 0 bridgehead atoms. The fourth-order valence-corrected chi connectivity index (χ4v) is 5.18. The number of thioether (sulfide) groups is 1. The van der Waals surface area contributed by atoms with Gasteiger partial charge in [-0.15, -0.1) is 0 Å². The van der Waals surface area contributed by atoms with Crippen LogP contribution in [0, 0.1) is 13.8 Å². The number of aryl methyl sites for hydroxylation is 2. The molecule has 5 rings (SSSR count). The Morgan fingerprint density at radius 1 is 1.18 bits per heavy atom. The number of carbonyl (C=O) groups is 1. The molecule has 0 spiro atoms. The van der Waals surface area contributed by atoms with Crippen molar-refractivity contribution in [2.75, 3.05) is 18.2 Å². The van der Waals surface area contributed by atoms with Crippen LogP contribution in [-0.4, -0.2) is 46.1 Å². The van der Waals surface area contributed by atoms with Gasteiger partial charge in [0.05, 0.1) is 30.6 Å². The summed E-state index contributed by atoms with van der Waals surface area (Å²) in [6, 6.07) is 14.9. The summed E-state index contributed by atoms with van der Waals surface area (Å²) in [5.74, 6) is 0.808. The van der Waals surface area contributed by atoms with E-state index < -0.39 is 0 Å². The van der Waals surface area contributed by atoms with Crippen molar-refractivity contribution in [3.8, 4) is 5.75 Å². The molecule has 1 fully saturated rings. The van der Waals surface area contributed by atoms with Crippen LogP contribution in [0.2, 0.25) is 0 Å². The zero-order valence-electron chi connectivity index (χ0n) is 18.9. The lowest BCUT2D eigenvalue weighted by Gasteiger charge is -2.36. The molecule has 3 unspecified atom stereocenters. The zero-order chi connectivity index (χ0) is 22.9. The van der Waals surface area contributed by atoms with E-state index in [2.05, 4.69) is 68.6 Å². The predicted molar refractivity (Wildman–Crippen MR) is 131 cm³/mol. The van der Waals surface area contributed by atoms with Gasteiger partial charge in [0, 0.05) is 12.4 Å². The van der Waals surface area contributed by atoms with Crippen molar-refractivity contribution in [2.24, 2.45) is 5.10 Å². The lowest BCUT2D eigenvalue weighted by molar-refractivity contribution is -0.113. The van der Waals surface area contributed by atoms with Gasteiger partial charge >= 0.3 is 0 Å². The molecule has 3 N–H and O–H groups in total. The normalized spacial score (nSPS) is 23.0. The molecule has 3 atom stereocenters. The number of ether oxygens (including phenoxy) is 1. The van der Waals surface area contributed by atoms with Gasteiger partial charge < -0.3 is 20.0 Å². The molecule has 33 heavy (non-hydrogen) atoms. The summed E-state index contributed by atoms with van der Waals surface area (Å²) in [6.45, 7) is 4.09. The summed E-state index contributed by atoms with van der Waals surface area (Å²) in [5.41, 5.74) is 11.1. The van der Waals surface area contributed by atoms with Crippen LogP contribution in [0.3, 0.4) is 0 Å². The second-order valence-electron chi connectivity index (χ2n) is 8.52. The van der Waals surface area contributed by atoms with E-state index in [1.807, 2.05) is 31.3 Å². The van der Waals surface area contributed by atoms with E-state index in [-0.39, 0.29) is 29.9 Å². The first-order valence-corrected chi connectivity index (χ1v) is 12.0. The van der Waals surface area contributed by atoms with Crippen molar-refractivity contribution >= 4 is 28.5 Å². The molecular formula is C24H28N6O2S. The van der Waals surface area contributed by atoms with E-state index >= 15 is 0 Å². The first-order valence-electron chi connectivity index (χ1n) is 11.0. The highest BCUT2D eigenvalue weighted by Gasteiger charge is 2.44. The van der Waals surface area contributed by atoms with E-state index in [9.17, 15) is 4.79 Å². The Bertz CT molecular complexity index is 1100. The Labute approximate surface area is 198 Å². The average molecular weight is 465 g/mol. The van der Waals surface area contributed by atoms with Gasteiger partial charge in [-0.25, -0.2) is 5.43 Å². The first-order chi connectivity index (χ1) is 16.0. The first kappa shape index (κ1) is 21.7. The van der Waals surface area contributed by atoms with Crippen LogP contribution >= 0.6 is 11.8 Å². The van der Waals surface area contributed by atoms with E-state index in [0.29, 0.717) is 11.4 Å². The SMILES string of the molecule is COc1ccc(C)cc1NC(=O)CSC1=NNC2C3CC(c4ccc(C)cc4)NN3C=CN12. The number of hydrogen-bond donors (Lipinski definition) is 3. The number of nitrogens with one attached hydrogen (secondary N) is 3. The number of amides is 1. The smallest absolute Gasteiger partial charge is 0.234 e. The van der Waals surface area contributed by atoms with Crippen LogP contribution in [0.15, 0.2) is 60.0 Å². The molecule has 172 valence electrons. The zero-order valence-corrected chi connectivity index (χ0v) is 19.7. The fraction of sp³-hybridized carbons (Fsp3) is 0.333. The number of methoxy groups -OCH3 is 1. The molecule has 2 aromatic carbocycles. The van der Waals surface area contributed by atoms with Gasteiger partial charge in [-0.05, 0) is 43.5 Å². The maximum atomic E-state index is 12.6. The second kappa shape index (κ2) is 8.99. The van der Waals surface area contributed by atoms with Crippen LogP contribution in [0.25, 0.3) is 0 Å². The van der Waals surface area contributed by atoms with E-state index in [1.165, 1.54) is 22.9 Å². The molecule has 0 saturated carbocycles. The van der Waals surface area contributed by atoms with Crippen molar-refractivity contribution < 1.29 is 9.53 Å². The fourth-order valence-electron chi connectivity index (χ4n) is 4.40. The average Bonchev–Trinajstić information content (AvgIpc) is 3.42. The van der Waals surface area contributed by atoms with Crippen molar-refractivity contribution in [1.29, 1.82) is 0 Å². The minimum absolute atomic E-state index is 0.0281. The van der Waals surface area contributed by atoms with Gasteiger partial charge in [0.15, 0.2) is 5.17 Å². The topological polar surface area (TPSA) is 81.2 Å². The number of nitrogens with zero attached hydrogens (tertiary/aromatic N) is 3. The van der Waals surface area contributed by atoms with Crippen LogP contribution in [0.5, 0.6) is 5.75 Å². The highest BCUT2D eigenvalue weighted by Crippen LogP contribution is 2.35. The Hall–Kier alpha value is -3.17. The summed E-state index contributed by atoms with van der Waals surface area (Å²) in [5, 5.41) is 10.4. The van der Waals surface area contributed by atoms with Gasteiger partial charge in [0.2, 0.25) is 5.91 Å². The van der Waals surface area contributed by atoms with Crippen molar-refractivity contribution in [3.05, 3.63) is 71.6 Å². The number of hydrazone groups is 1. The van der Waals surface area contributed by atoms with Gasteiger partial charge in [-0.2, -0.15) is 5.10 Å². The van der Waals surface area contributed by atoms with Crippen molar-refractivity contribution in [3.63, 3.8) is 0 Å². The lowest BCUT2D eigenvalue weighted by Crippen LogP contribution is -2.54. The van der Waals surface area contributed by atoms with Gasteiger partial charge in [0.25, 0.3) is 0 Å². The highest BCUT2D eigenvalue weighted by atomic mass is 32.2. The number of fused-ring (bicyclic) bond motifs is 3. The van der Waals surface area contributed by atoms with Crippen LogP contribution in [0.4, 0.5) is 5.69 Å². The van der Waals surface area contributed by atoms with E-state index in [1.54, 1.807) is 7.11 Å². The third-order valence-electron chi connectivity index (χ3n) is 6.15. The Morgan fingerprint density at radius 2 is 1.97 bits per heavy atom. The van der Waals surface area contributed by atoms with Crippen LogP contribution in [0.1, 0.15) is 29.2 Å². The Kier molecular flexibility index (Phi) is 5.90. The van der Waals surface area contributed by atoms with Gasteiger partial charge in [-0.1, -0.05) is 47.7 Å². The molecule has 8 nitrogen and oxygen atoms in total. The Balaban J connectivity index is 1.19. The second-order valence-corrected chi connectivity index (χ2v) is 9.46. The maximum absolute atomic E-state index is 12.6. The summed E-state index contributed by atoms with van der Waals surface area (Å²) in [4.78, 5) is 14.7. The molecule has 0 aromatic heterocycles. The molecular weight excluding hydrogens is 436 g/mol. The Morgan fingerprint density at radius 3 is 2.76 bits per heavy atom. The molecule has 0 radical (unpaired) electrons. The predicted octanol–water partition coefficient (Wildman–Crippen LogP) is 3.29. The molecule has 1 saturated heterocycles. The van der Waals surface area contributed by atoms with E-state index in [4.69, 9.17) is 4.74 Å². The standard InChI is InChI=1S/C24H28N6O2S/c1-15-4-7-17(8-5-15)18-13-20-23-26-27-24(29(23)10-11-30(20)28-18)33-14-22(31)25-19-12-16(2)6-9-21(19)32-3/h4-12,18,20,23,26,28H,13-14H2,1-3H3,(H,25,31). The summed E-state index contributed by atoms with van der Waals surface area (Å²) < 4.78 is 5.35. The minimum atomic E-state index is -0.0976. The molecule has 9 heteroatoms. The number of anilines is 1. The summed E-state index contributed by atoms with van der Waals surface area (Å²) in [6.07, 6.45) is 5.05. The molecule has 1 amide bonds. The molecule has 0 aliphatic carbocycles. The molecule has 3 aliphatic heterocycles. The molecule has 3 heterocycles. The van der Waals surface area contributed by atoms with Crippen LogP contribution in [-0.2, 0) is 4.79 Å². The number of carbonyl (C=O) groups excluding carboxylic acids is 1. The van der Waals surface area contributed by atoms with E-state index in [0.717, 1.165) is 17.2 Å². The summed E-state index contributed by atoms with van der Waals surface area (Å²) >= 11 is 1.42. The minimum Gasteiger partial charge on any atom is -0.495 e. The maximum Gasteiger partial charge on any atom is 0.234 e. The largest absolute Gasteiger partial charge is 0.495 e. The van der Waals surface area contributed by atoms with Crippen LogP contribution < -0.4 is 20.9 Å². The highest BCUT2D eigenvalue weighted by molar-refractivity contribution is 8.14. The number of hydrogen-bond acceptors (Lipinski definition) is 8.